The highest BCUT2D eigenvalue weighted by molar-refractivity contribution is 5.80. The highest BCUT2D eigenvalue weighted by atomic mass is 16.5. The molecule has 1 aliphatic heterocycles. The van der Waals surface area contributed by atoms with Gasteiger partial charge in [-0.25, -0.2) is 0 Å². The van der Waals surface area contributed by atoms with Gasteiger partial charge in [-0.05, 0) is 19.8 Å². The third kappa shape index (κ3) is 3.56. The summed E-state index contributed by atoms with van der Waals surface area (Å²) in [6.45, 7) is 4.98. The Hall–Kier alpha value is -1.85. The first-order valence-electron chi connectivity index (χ1n) is 6.51. The maximum atomic E-state index is 12.0. The molecular formula is C13H19N3O3. The average Bonchev–Trinajstić information content (AvgIpc) is 2.82. The monoisotopic (exact) mass is 265 g/mol. The zero-order valence-corrected chi connectivity index (χ0v) is 11.3. The summed E-state index contributed by atoms with van der Waals surface area (Å²) < 4.78 is 5.03. The van der Waals surface area contributed by atoms with Crippen molar-refractivity contribution in [1.82, 2.24) is 15.4 Å². The van der Waals surface area contributed by atoms with Gasteiger partial charge in [-0.3, -0.25) is 9.59 Å². The number of carbonyl (C=O) groups excluding carboxylic acids is 2. The molecule has 1 aromatic heterocycles. The fourth-order valence-corrected chi connectivity index (χ4v) is 2.30. The molecule has 0 aliphatic carbocycles. The van der Waals surface area contributed by atoms with Crippen LogP contribution in [0.15, 0.2) is 10.6 Å². The highest BCUT2D eigenvalue weighted by Crippen LogP contribution is 2.16. The first-order valence-corrected chi connectivity index (χ1v) is 6.51. The van der Waals surface area contributed by atoms with Crippen molar-refractivity contribution in [3.05, 3.63) is 17.5 Å². The van der Waals surface area contributed by atoms with E-state index in [1.807, 2.05) is 6.92 Å². The minimum atomic E-state index is -0.123. The van der Waals surface area contributed by atoms with Gasteiger partial charge in [0.1, 0.15) is 0 Å². The van der Waals surface area contributed by atoms with E-state index in [0.717, 1.165) is 25.1 Å². The largest absolute Gasteiger partial charge is 0.359 e. The smallest absolute Gasteiger partial charge is 0.225 e. The van der Waals surface area contributed by atoms with E-state index in [2.05, 4.69) is 10.5 Å². The standard InChI is InChI=1S/C13H19N3O3/c1-9-6-12(19-15-9)7-14-13(18)11-4-3-5-16(8-11)10(2)17/h6,11H,3-5,7-8H2,1-2H3,(H,14,18). The number of likely N-dealkylation sites (tertiary alicyclic amines) is 1. The van der Waals surface area contributed by atoms with Gasteiger partial charge in [0.2, 0.25) is 11.8 Å². The summed E-state index contributed by atoms with van der Waals surface area (Å²) in [5, 5.41) is 6.59. The summed E-state index contributed by atoms with van der Waals surface area (Å²) in [5.41, 5.74) is 0.796. The van der Waals surface area contributed by atoms with Crippen LogP contribution < -0.4 is 5.32 Å². The van der Waals surface area contributed by atoms with Crippen molar-refractivity contribution < 1.29 is 14.1 Å². The van der Waals surface area contributed by atoms with E-state index in [-0.39, 0.29) is 17.7 Å². The number of hydrogen-bond donors (Lipinski definition) is 1. The Kier molecular flexibility index (Phi) is 4.19. The van der Waals surface area contributed by atoms with Crippen molar-refractivity contribution in [1.29, 1.82) is 0 Å². The van der Waals surface area contributed by atoms with E-state index in [1.54, 1.807) is 11.0 Å². The molecule has 1 saturated heterocycles. The van der Waals surface area contributed by atoms with Crippen molar-refractivity contribution in [2.75, 3.05) is 13.1 Å². The Morgan fingerprint density at radius 1 is 1.58 bits per heavy atom. The Morgan fingerprint density at radius 3 is 3.00 bits per heavy atom. The molecular weight excluding hydrogens is 246 g/mol. The molecule has 1 unspecified atom stereocenters. The fourth-order valence-electron chi connectivity index (χ4n) is 2.30. The molecule has 0 bridgehead atoms. The number of hydrogen-bond acceptors (Lipinski definition) is 4. The number of nitrogens with zero attached hydrogens (tertiary/aromatic N) is 2. The lowest BCUT2D eigenvalue weighted by atomic mass is 9.97. The summed E-state index contributed by atoms with van der Waals surface area (Å²) in [6.07, 6.45) is 1.70. The van der Waals surface area contributed by atoms with Gasteiger partial charge in [0.25, 0.3) is 0 Å². The lowest BCUT2D eigenvalue weighted by Crippen LogP contribution is -2.44. The van der Waals surface area contributed by atoms with Crippen molar-refractivity contribution in [2.45, 2.75) is 33.2 Å². The second-order valence-electron chi connectivity index (χ2n) is 4.96. The lowest BCUT2D eigenvalue weighted by Gasteiger charge is -2.31. The van der Waals surface area contributed by atoms with Crippen molar-refractivity contribution in [2.24, 2.45) is 5.92 Å². The van der Waals surface area contributed by atoms with Crippen LogP contribution in [0.5, 0.6) is 0 Å². The second-order valence-corrected chi connectivity index (χ2v) is 4.96. The normalized spacial score (nSPS) is 19.3. The van der Waals surface area contributed by atoms with Crippen LogP contribution in [0.3, 0.4) is 0 Å². The summed E-state index contributed by atoms with van der Waals surface area (Å²) in [7, 11) is 0. The van der Waals surface area contributed by atoms with Crippen LogP contribution in [0.4, 0.5) is 0 Å². The first-order chi connectivity index (χ1) is 9.06. The number of rotatable bonds is 3. The van der Waals surface area contributed by atoms with Crippen LogP contribution in [0.25, 0.3) is 0 Å². The van der Waals surface area contributed by atoms with E-state index in [4.69, 9.17) is 4.52 Å². The molecule has 19 heavy (non-hydrogen) atoms. The number of carbonyl (C=O) groups is 2. The molecule has 1 N–H and O–H groups in total. The molecule has 1 aliphatic rings. The van der Waals surface area contributed by atoms with E-state index in [0.29, 0.717) is 18.8 Å². The highest BCUT2D eigenvalue weighted by Gasteiger charge is 2.26. The number of nitrogens with one attached hydrogen (secondary N) is 1. The zero-order valence-electron chi connectivity index (χ0n) is 11.3. The Morgan fingerprint density at radius 2 is 2.37 bits per heavy atom. The van der Waals surface area contributed by atoms with Gasteiger partial charge in [-0.2, -0.15) is 0 Å². The van der Waals surface area contributed by atoms with Crippen molar-refractivity contribution in [3.8, 4) is 0 Å². The van der Waals surface area contributed by atoms with Gasteiger partial charge in [-0.1, -0.05) is 5.16 Å². The van der Waals surface area contributed by atoms with Crippen LogP contribution >= 0.6 is 0 Å². The van der Waals surface area contributed by atoms with Gasteiger partial charge in [-0.15, -0.1) is 0 Å². The predicted molar refractivity (Wildman–Crippen MR) is 68.1 cm³/mol. The van der Waals surface area contributed by atoms with Crippen LogP contribution in [-0.2, 0) is 16.1 Å². The SMILES string of the molecule is CC(=O)N1CCCC(C(=O)NCc2cc(C)no2)C1. The molecule has 2 rings (SSSR count). The van der Waals surface area contributed by atoms with Crippen LogP contribution in [0, 0.1) is 12.8 Å². The number of piperidine rings is 1. The van der Waals surface area contributed by atoms with Crippen LogP contribution in [0.1, 0.15) is 31.2 Å². The van der Waals surface area contributed by atoms with E-state index < -0.39 is 0 Å². The molecule has 0 radical (unpaired) electrons. The molecule has 2 heterocycles. The lowest BCUT2D eigenvalue weighted by molar-refractivity contribution is -0.134. The molecule has 0 spiro atoms. The average molecular weight is 265 g/mol. The van der Waals surface area contributed by atoms with E-state index in [9.17, 15) is 9.59 Å². The summed E-state index contributed by atoms with van der Waals surface area (Å²) >= 11 is 0. The Labute approximate surface area is 112 Å². The van der Waals surface area contributed by atoms with E-state index in [1.165, 1.54) is 6.92 Å². The van der Waals surface area contributed by atoms with Gasteiger partial charge >= 0.3 is 0 Å². The molecule has 1 aromatic rings. The maximum Gasteiger partial charge on any atom is 0.225 e. The van der Waals surface area contributed by atoms with Gasteiger partial charge in [0.15, 0.2) is 5.76 Å². The molecule has 0 aromatic carbocycles. The van der Waals surface area contributed by atoms with Crippen molar-refractivity contribution >= 4 is 11.8 Å². The van der Waals surface area contributed by atoms with Gasteiger partial charge in [0.05, 0.1) is 18.2 Å². The Bertz CT molecular complexity index is 469. The van der Waals surface area contributed by atoms with Crippen LogP contribution in [0.2, 0.25) is 0 Å². The minimum Gasteiger partial charge on any atom is -0.359 e. The molecule has 104 valence electrons. The summed E-state index contributed by atoms with van der Waals surface area (Å²) in [4.78, 5) is 25.1. The van der Waals surface area contributed by atoms with Gasteiger partial charge in [0, 0.05) is 26.1 Å². The summed E-state index contributed by atoms with van der Waals surface area (Å²) in [6, 6.07) is 1.79. The fraction of sp³-hybridized carbons (Fsp3) is 0.615. The zero-order chi connectivity index (χ0) is 13.8. The van der Waals surface area contributed by atoms with E-state index >= 15 is 0 Å². The topological polar surface area (TPSA) is 75.4 Å². The molecule has 6 heteroatoms. The summed E-state index contributed by atoms with van der Waals surface area (Å²) in [5.74, 6) is 0.523. The number of aryl methyl sites for hydroxylation is 1. The molecule has 1 fully saturated rings. The minimum absolute atomic E-state index is 0.0278. The first kappa shape index (κ1) is 13.6. The number of amides is 2. The van der Waals surface area contributed by atoms with Crippen LogP contribution in [-0.4, -0.2) is 35.0 Å². The molecule has 1 atom stereocenters. The third-order valence-corrected chi connectivity index (χ3v) is 3.35. The second kappa shape index (κ2) is 5.86. The molecule has 0 saturated carbocycles. The van der Waals surface area contributed by atoms with Crippen molar-refractivity contribution in [3.63, 3.8) is 0 Å². The molecule has 6 nitrogen and oxygen atoms in total. The number of aromatic nitrogens is 1. The molecule has 2 amide bonds. The quantitative estimate of drug-likeness (QED) is 0.879. The maximum absolute atomic E-state index is 12.0. The Balaban J connectivity index is 1.84. The van der Waals surface area contributed by atoms with Gasteiger partial charge < -0.3 is 14.7 Å². The predicted octanol–water partition coefficient (Wildman–Crippen LogP) is 0.858. The third-order valence-electron chi connectivity index (χ3n) is 3.35.